The van der Waals surface area contributed by atoms with Gasteiger partial charge in [-0.05, 0) is 19.4 Å². The second kappa shape index (κ2) is 2.54. The smallest absolute Gasteiger partial charge is 0.123 e. The molecule has 3 N–H and O–H groups in total. The van der Waals surface area contributed by atoms with Crippen molar-refractivity contribution in [3.63, 3.8) is 0 Å². The Labute approximate surface area is 65.4 Å². The van der Waals surface area contributed by atoms with E-state index in [4.69, 9.17) is 5.73 Å². The summed E-state index contributed by atoms with van der Waals surface area (Å²) in [6.45, 7) is 1.07. The van der Waals surface area contributed by atoms with Crippen LogP contribution in [0.3, 0.4) is 0 Å². The van der Waals surface area contributed by atoms with Gasteiger partial charge in [-0.3, -0.25) is 5.32 Å². The van der Waals surface area contributed by atoms with Gasteiger partial charge < -0.3 is 5.73 Å². The predicted octanol–water partition coefficient (Wildman–Crippen LogP) is 0.347. The maximum atomic E-state index is 5.68. The molecule has 0 radical (unpaired) electrons. The first kappa shape index (κ1) is 6.67. The van der Waals surface area contributed by atoms with Crippen LogP contribution in [0.1, 0.15) is 19.0 Å². The minimum atomic E-state index is 0.324. The zero-order valence-corrected chi connectivity index (χ0v) is 6.33. The molecule has 1 aliphatic rings. The van der Waals surface area contributed by atoms with Crippen molar-refractivity contribution in [3.05, 3.63) is 12.3 Å². The molecule has 2 heterocycles. The van der Waals surface area contributed by atoms with Crippen LogP contribution in [0.5, 0.6) is 0 Å². The van der Waals surface area contributed by atoms with Gasteiger partial charge in [0, 0.05) is 6.07 Å². The molecule has 1 aliphatic heterocycles. The lowest BCUT2D eigenvalue weighted by molar-refractivity contribution is 0.431. The van der Waals surface area contributed by atoms with E-state index in [2.05, 4.69) is 10.4 Å². The van der Waals surface area contributed by atoms with Crippen LogP contribution in [-0.2, 0) is 0 Å². The summed E-state index contributed by atoms with van der Waals surface area (Å²) in [6, 6.07) is 1.82. The third kappa shape index (κ3) is 1.09. The molecule has 1 aromatic rings. The monoisotopic (exact) mass is 152 g/mol. The zero-order valence-electron chi connectivity index (χ0n) is 6.33. The SMILES string of the molecule is Nc1ccnn1C1CCCN1. The number of nitrogens with zero attached hydrogens (tertiary/aromatic N) is 2. The summed E-state index contributed by atoms with van der Waals surface area (Å²) in [4.78, 5) is 0. The van der Waals surface area contributed by atoms with Crippen molar-refractivity contribution in [3.8, 4) is 0 Å². The largest absolute Gasteiger partial charge is 0.384 e. The lowest BCUT2D eigenvalue weighted by atomic mass is 10.3. The van der Waals surface area contributed by atoms with Crippen LogP contribution in [-0.4, -0.2) is 16.3 Å². The van der Waals surface area contributed by atoms with Crippen molar-refractivity contribution < 1.29 is 0 Å². The predicted molar refractivity (Wildman–Crippen MR) is 42.9 cm³/mol. The first-order valence-electron chi connectivity index (χ1n) is 3.90. The maximum Gasteiger partial charge on any atom is 0.123 e. The lowest BCUT2D eigenvalue weighted by Gasteiger charge is -2.11. The summed E-state index contributed by atoms with van der Waals surface area (Å²) in [5.41, 5.74) is 5.68. The highest BCUT2D eigenvalue weighted by Gasteiger charge is 2.17. The van der Waals surface area contributed by atoms with E-state index < -0.39 is 0 Å². The average molecular weight is 152 g/mol. The molecule has 1 fully saturated rings. The molecule has 4 heteroatoms. The molecule has 11 heavy (non-hydrogen) atoms. The van der Waals surface area contributed by atoms with Gasteiger partial charge in [0.1, 0.15) is 12.0 Å². The molecule has 0 spiro atoms. The molecular weight excluding hydrogens is 140 g/mol. The molecule has 1 saturated heterocycles. The van der Waals surface area contributed by atoms with Gasteiger partial charge in [0.2, 0.25) is 0 Å². The molecule has 1 atom stereocenters. The quantitative estimate of drug-likeness (QED) is 0.610. The van der Waals surface area contributed by atoms with E-state index in [9.17, 15) is 0 Å². The highest BCUT2D eigenvalue weighted by atomic mass is 15.4. The minimum absolute atomic E-state index is 0.324. The van der Waals surface area contributed by atoms with Gasteiger partial charge in [-0.1, -0.05) is 0 Å². The highest BCUT2D eigenvalue weighted by Crippen LogP contribution is 2.17. The number of hydrogen-bond donors (Lipinski definition) is 2. The Balaban J connectivity index is 2.21. The number of anilines is 1. The van der Waals surface area contributed by atoms with Crippen LogP contribution in [0.15, 0.2) is 12.3 Å². The van der Waals surface area contributed by atoms with Crippen LogP contribution < -0.4 is 11.1 Å². The van der Waals surface area contributed by atoms with E-state index in [1.54, 1.807) is 6.20 Å². The Kier molecular flexibility index (Phi) is 1.54. The molecule has 1 unspecified atom stereocenters. The van der Waals surface area contributed by atoms with Gasteiger partial charge in [0.05, 0.1) is 6.20 Å². The van der Waals surface area contributed by atoms with Crippen LogP contribution in [0, 0.1) is 0 Å². The van der Waals surface area contributed by atoms with Crippen LogP contribution >= 0.6 is 0 Å². The Bertz CT molecular complexity index is 236. The van der Waals surface area contributed by atoms with Gasteiger partial charge in [-0.25, -0.2) is 4.68 Å². The summed E-state index contributed by atoms with van der Waals surface area (Å²) in [6.07, 6.45) is 4.40. The molecule has 0 saturated carbocycles. The van der Waals surface area contributed by atoms with Gasteiger partial charge in [0.15, 0.2) is 0 Å². The van der Waals surface area contributed by atoms with Crippen molar-refractivity contribution in [1.29, 1.82) is 0 Å². The Morgan fingerprint density at radius 3 is 3.18 bits per heavy atom. The summed E-state index contributed by atoms with van der Waals surface area (Å²) < 4.78 is 1.84. The average Bonchev–Trinajstić information content (AvgIpc) is 2.55. The van der Waals surface area contributed by atoms with E-state index in [-0.39, 0.29) is 0 Å². The number of aromatic nitrogens is 2. The zero-order chi connectivity index (χ0) is 7.68. The Morgan fingerprint density at radius 2 is 2.64 bits per heavy atom. The first-order chi connectivity index (χ1) is 5.38. The standard InChI is InChI=1S/C7H12N4/c8-6-3-5-10-11(6)7-2-1-4-9-7/h3,5,7,9H,1-2,4,8H2. The molecular formula is C7H12N4. The molecule has 4 nitrogen and oxygen atoms in total. The first-order valence-corrected chi connectivity index (χ1v) is 3.90. The van der Waals surface area contributed by atoms with Crippen molar-refractivity contribution >= 4 is 5.82 Å². The summed E-state index contributed by atoms with van der Waals surface area (Å²) in [5.74, 6) is 0.740. The normalized spacial score (nSPS) is 24.2. The van der Waals surface area contributed by atoms with Crippen molar-refractivity contribution in [2.75, 3.05) is 12.3 Å². The Hall–Kier alpha value is -1.03. The lowest BCUT2D eigenvalue weighted by Crippen LogP contribution is -2.22. The molecule has 0 aromatic carbocycles. The van der Waals surface area contributed by atoms with Crippen molar-refractivity contribution in [1.82, 2.24) is 15.1 Å². The summed E-state index contributed by atoms with van der Waals surface area (Å²) in [7, 11) is 0. The van der Waals surface area contributed by atoms with Gasteiger partial charge >= 0.3 is 0 Å². The topological polar surface area (TPSA) is 55.9 Å². The molecule has 60 valence electrons. The van der Waals surface area contributed by atoms with Crippen LogP contribution in [0.2, 0.25) is 0 Å². The van der Waals surface area contributed by atoms with E-state index >= 15 is 0 Å². The number of hydrogen-bond acceptors (Lipinski definition) is 3. The van der Waals surface area contributed by atoms with E-state index in [1.165, 1.54) is 6.42 Å². The molecule has 0 bridgehead atoms. The maximum absolute atomic E-state index is 5.68. The number of nitrogens with one attached hydrogen (secondary N) is 1. The van der Waals surface area contributed by atoms with Crippen molar-refractivity contribution in [2.45, 2.75) is 19.0 Å². The number of nitrogens with two attached hydrogens (primary N) is 1. The van der Waals surface area contributed by atoms with E-state index in [1.807, 2.05) is 10.7 Å². The van der Waals surface area contributed by atoms with Crippen LogP contribution in [0.25, 0.3) is 0 Å². The fourth-order valence-electron chi connectivity index (χ4n) is 1.46. The molecule has 1 aromatic heterocycles. The number of nitrogen functional groups attached to an aromatic ring is 1. The molecule has 0 aliphatic carbocycles. The molecule has 2 rings (SSSR count). The van der Waals surface area contributed by atoms with E-state index in [0.29, 0.717) is 6.17 Å². The Morgan fingerprint density at radius 1 is 1.73 bits per heavy atom. The minimum Gasteiger partial charge on any atom is -0.384 e. The molecule has 0 amide bonds. The van der Waals surface area contributed by atoms with Gasteiger partial charge in [0.25, 0.3) is 0 Å². The fraction of sp³-hybridized carbons (Fsp3) is 0.571. The second-order valence-electron chi connectivity index (χ2n) is 2.81. The number of rotatable bonds is 1. The second-order valence-corrected chi connectivity index (χ2v) is 2.81. The van der Waals surface area contributed by atoms with Gasteiger partial charge in [-0.15, -0.1) is 0 Å². The van der Waals surface area contributed by atoms with E-state index in [0.717, 1.165) is 18.8 Å². The van der Waals surface area contributed by atoms with Crippen LogP contribution in [0.4, 0.5) is 5.82 Å². The van der Waals surface area contributed by atoms with Gasteiger partial charge in [-0.2, -0.15) is 5.10 Å². The highest BCUT2D eigenvalue weighted by molar-refractivity contribution is 5.26. The third-order valence-corrected chi connectivity index (χ3v) is 2.03. The third-order valence-electron chi connectivity index (χ3n) is 2.03. The summed E-state index contributed by atoms with van der Waals surface area (Å²) >= 11 is 0. The van der Waals surface area contributed by atoms with Crippen molar-refractivity contribution in [2.24, 2.45) is 0 Å². The summed E-state index contributed by atoms with van der Waals surface area (Å²) in [5, 5.41) is 7.45. The fourth-order valence-corrected chi connectivity index (χ4v) is 1.46.